The van der Waals surface area contributed by atoms with Gasteiger partial charge in [-0.15, -0.1) is 0 Å². The van der Waals surface area contributed by atoms with Gasteiger partial charge in [0.25, 0.3) is 5.91 Å². The molecule has 0 bridgehead atoms. The highest BCUT2D eigenvalue weighted by molar-refractivity contribution is 5.95. The summed E-state index contributed by atoms with van der Waals surface area (Å²) in [7, 11) is 1.64. The third kappa shape index (κ3) is 4.69. The van der Waals surface area contributed by atoms with Crippen LogP contribution in [0.5, 0.6) is 0 Å². The Morgan fingerprint density at radius 3 is 3.07 bits per heavy atom. The lowest BCUT2D eigenvalue weighted by atomic mass is 10.0. The zero-order valence-electron chi connectivity index (χ0n) is 15.7. The molecule has 2 aromatic heterocycles. The molecule has 1 amide bonds. The second-order valence-electron chi connectivity index (χ2n) is 7.10. The predicted octanol–water partition coefficient (Wildman–Crippen LogP) is 2.43. The fourth-order valence-electron chi connectivity index (χ4n) is 2.94. The largest absolute Gasteiger partial charge is 0.389 e. The van der Waals surface area contributed by atoms with Crippen LogP contribution in [0.15, 0.2) is 48.3 Å². The smallest absolute Gasteiger partial charge is 0.250 e. The molecule has 1 aliphatic rings. The van der Waals surface area contributed by atoms with Crippen molar-refractivity contribution < 1.29 is 14.6 Å². The van der Waals surface area contributed by atoms with Gasteiger partial charge in [-0.05, 0) is 38.1 Å². The van der Waals surface area contributed by atoms with Crippen LogP contribution in [-0.4, -0.2) is 56.5 Å². The van der Waals surface area contributed by atoms with Gasteiger partial charge in [-0.1, -0.05) is 12.2 Å². The van der Waals surface area contributed by atoms with Crippen molar-refractivity contribution in [1.82, 2.24) is 20.1 Å². The number of hydrogen-bond acceptors (Lipinski definition) is 5. The monoisotopic (exact) mass is 368 g/mol. The molecule has 0 aliphatic heterocycles. The fourth-order valence-corrected chi connectivity index (χ4v) is 2.94. The number of aromatic amines is 1. The number of nitrogens with zero attached hydrogens (tertiary/aromatic N) is 3. The number of nitrogens with one attached hydrogen (secondary N) is 1. The zero-order valence-corrected chi connectivity index (χ0v) is 15.7. The number of hydrogen-bond donors (Lipinski definition) is 2. The number of aliphatic hydroxyl groups is 1. The van der Waals surface area contributed by atoms with Gasteiger partial charge < -0.3 is 14.7 Å². The van der Waals surface area contributed by atoms with Crippen molar-refractivity contribution in [2.75, 3.05) is 13.7 Å². The van der Waals surface area contributed by atoms with E-state index in [1.165, 1.54) is 6.08 Å². The number of ether oxygens (including phenoxy) is 1. The van der Waals surface area contributed by atoms with Gasteiger partial charge in [-0.25, -0.2) is 4.98 Å². The van der Waals surface area contributed by atoms with E-state index in [1.807, 2.05) is 30.4 Å². The van der Waals surface area contributed by atoms with Gasteiger partial charge in [0.2, 0.25) is 0 Å². The summed E-state index contributed by atoms with van der Waals surface area (Å²) in [5.41, 5.74) is 1.08. The molecule has 142 valence electrons. The first-order chi connectivity index (χ1) is 12.9. The SMILES string of the molecule is COC1C=CC=C(N(CC(C)(C)O)C(=O)/C=C/c2n[nH]c3ncccc23)C1. The summed E-state index contributed by atoms with van der Waals surface area (Å²) in [5.74, 6) is -0.228. The molecule has 2 N–H and O–H groups in total. The number of aromatic nitrogens is 3. The Bertz CT molecular complexity index is 905. The maximum absolute atomic E-state index is 12.9. The molecule has 7 nitrogen and oxygen atoms in total. The third-order valence-corrected chi connectivity index (χ3v) is 4.23. The van der Waals surface area contributed by atoms with E-state index in [4.69, 9.17) is 4.74 Å². The van der Waals surface area contributed by atoms with Crippen molar-refractivity contribution in [2.24, 2.45) is 0 Å². The van der Waals surface area contributed by atoms with Crippen LogP contribution in [0, 0.1) is 0 Å². The predicted molar refractivity (Wildman–Crippen MR) is 104 cm³/mol. The normalized spacial score (nSPS) is 17.5. The Hall–Kier alpha value is -2.77. The van der Waals surface area contributed by atoms with E-state index in [0.29, 0.717) is 17.8 Å². The molecule has 0 saturated carbocycles. The van der Waals surface area contributed by atoms with Crippen molar-refractivity contribution in [3.63, 3.8) is 0 Å². The lowest BCUT2D eigenvalue weighted by Crippen LogP contribution is -2.42. The topological polar surface area (TPSA) is 91.3 Å². The van der Waals surface area contributed by atoms with Gasteiger partial charge >= 0.3 is 0 Å². The van der Waals surface area contributed by atoms with Crippen molar-refractivity contribution >= 4 is 23.0 Å². The van der Waals surface area contributed by atoms with Gasteiger partial charge in [0.15, 0.2) is 5.65 Å². The number of rotatable bonds is 6. The second kappa shape index (κ2) is 7.85. The molecule has 0 aromatic carbocycles. The molecule has 2 heterocycles. The Morgan fingerprint density at radius 2 is 2.33 bits per heavy atom. The zero-order chi connectivity index (χ0) is 19.4. The molecule has 27 heavy (non-hydrogen) atoms. The second-order valence-corrected chi connectivity index (χ2v) is 7.10. The van der Waals surface area contributed by atoms with Gasteiger partial charge in [-0.3, -0.25) is 9.89 Å². The average molecular weight is 368 g/mol. The highest BCUT2D eigenvalue weighted by Crippen LogP contribution is 2.22. The molecule has 3 rings (SSSR count). The minimum atomic E-state index is -1.03. The summed E-state index contributed by atoms with van der Waals surface area (Å²) in [4.78, 5) is 18.7. The number of pyridine rings is 1. The maximum Gasteiger partial charge on any atom is 0.250 e. The maximum atomic E-state index is 12.9. The van der Waals surface area contributed by atoms with E-state index in [0.717, 1.165) is 11.1 Å². The Kier molecular flexibility index (Phi) is 5.53. The van der Waals surface area contributed by atoms with E-state index in [9.17, 15) is 9.90 Å². The van der Waals surface area contributed by atoms with Crippen LogP contribution in [-0.2, 0) is 9.53 Å². The Morgan fingerprint density at radius 1 is 1.52 bits per heavy atom. The molecule has 1 atom stereocenters. The van der Waals surface area contributed by atoms with Gasteiger partial charge in [0, 0.05) is 36.9 Å². The van der Waals surface area contributed by atoms with Gasteiger partial charge in [0.1, 0.15) is 0 Å². The first-order valence-electron chi connectivity index (χ1n) is 8.78. The first kappa shape index (κ1) is 19.0. The summed E-state index contributed by atoms with van der Waals surface area (Å²) in [6.45, 7) is 3.53. The standard InChI is InChI=1S/C20H24N4O3/c1-20(2,26)13-24(14-6-4-7-15(12-14)27-3)18(25)10-9-17-16-8-5-11-21-19(16)23-22-17/h4-11,15,26H,12-13H2,1-3H3,(H,21,22,23)/b10-9+. The first-order valence-corrected chi connectivity index (χ1v) is 8.78. The van der Waals surface area contributed by atoms with Crippen molar-refractivity contribution in [3.05, 3.63) is 54.0 Å². The summed E-state index contributed by atoms with van der Waals surface area (Å²) in [6, 6.07) is 3.71. The van der Waals surface area contributed by atoms with E-state index in [1.54, 1.807) is 38.1 Å². The molecule has 1 aliphatic carbocycles. The quantitative estimate of drug-likeness (QED) is 0.764. The lowest BCUT2D eigenvalue weighted by molar-refractivity contribution is -0.127. The van der Waals surface area contributed by atoms with E-state index >= 15 is 0 Å². The van der Waals surface area contributed by atoms with Crippen LogP contribution in [0.25, 0.3) is 17.1 Å². The third-order valence-electron chi connectivity index (χ3n) is 4.23. The molecule has 1 unspecified atom stereocenters. The van der Waals surface area contributed by atoms with Crippen LogP contribution in [0.4, 0.5) is 0 Å². The van der Waals surface area contributed by atoms with Crippen molar-refractivity contribution in [2.45, 2.75) is 32.0 Å². The molecule has 2 aromatic rings. The van der Waals surface area contributed by atoms with Gasteiger partial charge in [-0.2, -0.15) is 5.10 Å². The summed E-state index contributed by atoms with van der Waals surface area (Å²) in [6.07, 6.45) is 11.0. The Balaban J connectivity index is 1.84. The fraction of sp³-hybridized carbons (Fsp3) is 0.350. The molecule has 0 radical (unpaired) electrons. The van der Waals surface area contributed by atoms with E-state index < -0.39 is 5.60 Å². The molecule has 0 fully saturated rings. The molecule has 7 heteroatoms. The number of H-pyrrole nitrogens is 1. The van der Waals surface area contributed by atoms with Crippen LogP contribution >= 0.6 is 0 Å². The number of amides is 1. The van der Waals surface area contributed by atoms with Crippen LogP contribution in [0.1, 0.15) is 26.0 Å². The van der Waals surface area contributed by atoms with Crippen LogP contribution < -0.4 is 0 Å². The molecular formula is C20H24N4O3. The van der Waals surface area contributed by atoms with Crippen molar-refractivity contribution in [3.8, 4) is 0 Å². The summed E-state index contributed by atoms with van der Waals surface area (Å²) in [5, 5.41) is 18.1. The van der Waals surface area contributed by atoms with Gasteiger partial charge in [0.05, 0.1) is 23.9 Å². The van der Waals surface area contributed by atoms with Crippen LogP contribution in [0.3, 0.4) is 0 Å². The summed E-state index contributed by atoms with van der Waals surface area (Å²) < 4.78 is 5.38. The highest BCUT2D eigenvalue weighted by atomic mass is 16.5. The molecular weight excluding hydrogens is 344 g/mol. The minimum Gasteiger partial charge on any atom is -0.389 e. The summed E-state index contributed by atoms with van der Waals surface area (Å²) >= 11 is 0. The molecule has 0 spiro atoms. The number of fused-ring (bicyclic) bond motifs is 1. The number of allylic oxidation sites excluding steroid dienone is 2. The Labute approximate surface area is 158 Å². The lowest BCUT2D eigenvalue weighted by Gasteiger charge is -2.32. The molecule has 0 saturated heterocycles. The van der Waals surface area contributed by atoms with Crippen LogP contribution in [0.2, 0.25) is 0 Å². The minimum absolute atomic E-state index is 0.0903. The highest BCUT2D eigenvalue weighted by Gasteiger charge is 2.26. The number of methoxy groups -OCH3 is 1. The average Bonchev–Trinajstić information content (AvgIpc) is 3.07. The van der Waals surface area contributed by atoms with E-state index in [2.05, 4.69) is 15.2 Å². The van der Waals surface area contributed by atoms with E-state index in [-0.39, 0.29) is 18.6 Å². The van der Waals surface area contributed by atoms with Crippen molar-refractivity contribution in [1.29, 1.82) is 0 Å². The number of carbonyl (C=O) groups excluding carboxylic acids is 1. The number of carbonyl (C=O) groups is 1.